The number of carbonyl (C=O) groups excluding carboxylic acids is 1. The van der Waals surface area contributed by atoms with Crippen molar-refractivity contribution in [1.29, 1.82) is 0 Å². The molecule has 0 aromatic heterocycles. The van der Waals surface area contributed by atoms with Crippen LogP contribution in [0.1, 0.15) is 32.6 Å². The molecule has 2 saturated heterocycles. The number of amides is 1. The standard InChI is InChI=1S/C14H23F3N2O2/c1-2-12-9(5-6-21-12)7-19-13(20)11-4-3-10(8-18-11)14(15,16)17/h9-12,18H,2-8H2,1H3,(H,19,20). The first-order chi connectivity index (χ1) is 9.91. The van der Waals surface area contributed by atoms with E-state index in [0.717, 1.165) is 12.8 Å². The van der Waals surface area contributed by atoms with E-state index >= 15 is 0 Å². The number of alkyl halides is 3. The molecule has 0 aliphatic carbocycles. The van der Waals surface area contributed by atoms with Crippen molar-refractivity contribution in [3.8, 4) is 0 Å². The summed E-state index contributed by atoms with van der Waals surface area (Å²) in [5.41, 5.74) is 0. The second kappa shape index (κ2) is 6.96. The van der Waals surface area contributed by atoms with Crippen molar-refractivity contribution in [3.63, 3.8) is 0 Å². The van der Waals surface area contributed by atoms with E-state index in [1.54, 1.807) is 0 Å². The average molecular weight is 308 g/mol. The molecule has 122 valence electrons. The lowest BCUT2D eigenvalue weighted by Gasteiger charge is -2.30. The number of ether oxygens (including phenoxy) is 1. The Hall–Kier alpha value is -0.820. The van der Waals surface area contributed by atoms with Crippen LogP contribution in [0.2, 0.25) is 0 Å². The molecule has 2 aliphatic rings. The molecule has 2 heterocycles. The van der Waals surface area contributed by atoms with E-state index in [0.29, 0.717) is 19.1 Å². The molecule has 0 aromatic carbocycles. The quantitative estimate of drug-likeness (QED) is 0.833. The molecule has 1 amide bonds. The van der Waals surface area contributed by atoms with Crippen LogP contribution in [-0.2, 0) is 9.53 Å². The highest BCUT2D eigenvalue weighted by molar-refractivity contribution is 5.81. The van der Waals surface area contributed by atoms with Crippen LogP contribution >= 0.6 is 0 Å². The first-order valence-corrected chi connectivity index (χ1v) is 7.61. The van der Waals surface area contributed by atoms with Gasteiger partial charge in [-0.15, -0.1) is 0 Å². The van der Waals surface area contributed by atoms with Crippen molar-refractivity contribution in [3.05, 3.63) is 0 Å². The monoisotopic (exact) mass is 308 g/mol. The molecule has 0 bridgehead atoms. The van der Waals surface area contributed by atoms with Crippen molar-refractivity contribution in [2.75, 3.05) is 19.7 Å². The molecule has 0 radical (unpaired) electrons. The maximum atomic E-state index is 12.5. The Kier molecular flexibility index (Phi) is 5.48. The van der Waals surface area contributed by atoms with Crippen LogP contribution in [0.4, 0.5) is 13.2 Å². The van der Waals surface area contributed by atoms with E-state index in [9.17, 15) is 18.0 Å². The van der Waals surface area contributed by atoms with E-state index in [4.69, 9.17) is 4.74 Å². The van der Waals surface area contributed by atoms with Crippen molar-refractivity contribution >= 4 is 5.91 Å². The van der Waals surface area contributed by atoms with Crippen molar-refractivity contribution in [2.45, 2.75) is 50.9 Å². The molecule has 0 spiro atoms. The molecule has 4 nitrogen and oxygen atoms in total. The third kappa shape index (κ3) is 4.32. The second-order valence-corrected chi connectivity index (χ2v) is 5.89. The molecular formula is C14H23F3N2O2. The Morgan fingerprint density at radius 1 is 1.33 bits per heavy atom. The summed E-state index contributed by atoms with van der Waals surface area (Å²) in [6.45, 7) is 3.13. The van der Waals surface area contributed by atoms with Crippen LogP contribution in [0.25, 0.3) is 0 Å². The van der Waals surface area contributed by atoms with Gasteiger partial charge in [0, 0.05) is 25.6 Å². The van der Waals surface area contributed by atoms with Crippen molar-refractivity contribution in [1.82, 2.24) is 10.6 Å². The highest BCUT2D eigenvalue weighted by Gasteiger charge is 2.42. The molecule has 0 aromatic rings. The van der Waals surface area contributed by atoms with Gasteiger partial charge >= 0.3 is 6.18 Å². The maximum absolute atomic E-state index is 12.5. The number of hydrogen-bond donors (Lipinski definition) is 2. The maximum Gasteiger partial charge on any atom is 0.393 e. The van der Waals surface area contributed by atoms with Crippen LogP contribution in [0.5, 0.6) is 0 Å². The smallest absolute Gasteiger partial charge is 0.378 e. The summed E-state index contributed by atoms with van der Waals surface area (Å²) in [5.74, 6) is -1.22. The van der Waals surface area contributed by atoms with Crippen LogP contribution < -0.4 is 10.6 Å². The van der Waals surface area contributed by atoms with Gasteiger partial charge in [0.25, 0.3) is 0 Å². The SMILES string of the molecule is CCC1OCCC1CNC(=O)C1CCC(C(F)(F)F)CN1. The van der Waals surface area contributed by atoms with E-state index < -0.39 is 18.1 Å². The number of halogens is 3. The molecule has 4 atom stereocenters. The summed E-state index contributed by atoms with van der Waals surface area (Å²) in [7, 11) is 0. The van der Waals surface area contributed by atoms with E-state index in [1.165, 1.54) is 0 Å². The fraction of sp³-hybridized carbons (Fsp3) is 0.929. The third-order valence-corrected chi connectivity index (χ3v) is 4.48. The van der Waals surface area contributed by atoms with E-state index in [1.807, 2.05) is 6.92 Å². The zero-order chi connectivity index (χ0) is 15.5. The van der Waals surface area contributed by atoms with Crippen molar-refractivity contribution < 1.29 is 22.7 Å². The highest BCUT2D eigenvalue weighted by Crippen LogP contribution is 2.32. The molecule has 2 N–H and O–H groups in total. The first kappa shape index (κ1) is 16.5. The third-order valence-electron chi connectivity index (χ3n) is 4.48. The van der Waals surface area contributed by atoms with Crippen LogP contribution in [0.15, 0.2) is 0 Å². The minimum Gasteiger partial charge on any atom is -0.378 e. The van der Waals surface area contributed by atoms with Gasteiger partial charge in [0.1, 0.15) is 0 Å². The largest absolute Gasteiger partial charge is 0.393 e. The number of nitrogens with one attached hydrogen (secondary N) is 2. The summed E-state index contributed by atoms with van der Waals surface area (Å²) in [5, 5.41) is 5.56. The predicted molar refractivity (Wildman–Crippen MR) is 71.7 cm³/mol. The van der Waals surface area contributed by atoms with Gasteiger partial charge in [-0.05, 0) is 25.7 Å². The van der Waals surface area contributed by atoms with Gasteiger partial charge in [0.05, 0.1) is 18.1 Å². The Morgan fingerprint density at radius 2 is 2.10 bits per heavy atom. The Bertz CT molecular complexity index is 355. The second-order valence-electron chi connectivity index (χ2n) is 5.89. The normalized spacial score (nSPS) is 33.9. The van der Waals surface area contributed by atoms with Gasteiger partial charge in [-0.2, -0.15) is 13.2 Å². The van der Waals surface area contributed by atoms with E-state index in [-0.39, 0.29) is 31.4 Å². The highest BCUT2D eigenvalue weighted by atomic mass is 19.4. The minimum absolute atomic E-state index is 0.0126. The lowest BCUT2D eigenvalue weighted by Crippen LogP contribution is -2.52. The first-order valence-electron chi connectivity index (χ1n) is 7.61. The van der Waals surface area contributed by atoms with Gasteiger partial charge in [-0.1, -0.05) is 6.92 Å². The molecule has 2 fully saturated rings. The lowest BCUT2D eigenvalue weighted by molar-refractivity contribution is -0.180. The molecule has 2 rings (SSSR count). The zero-order valence-electron chi connectivity index (χ0n) is 12.2. The van der Waals surface area contributed by atoms with Crippen LogP contribution in [0.3, 0.4) is 0 Å². The van der Waals surface area contributed by atoms with Gasteiger partial charge < -0.3 is 15.4 Å². The van der Waals surface area contributed by atoms with Gasteiger partial charge in [0.15, 0.2) is 0 Å². The number of piperidine rings is 1. The summed E-state index contributed by atoms with van der Waals surface area (Å²) in [4.78, 5) is 12.0. The molecule has 21 heavy (non-hydrogen) atoms. The summed E-state index contributed by atoms with van der Waals surface area (Å²) >= 11 is 0. The van der Waals surface area contributed by atoms with Gasteiger partial charge in [-0.25, -0.2) is 0 Å². The average Bonchev–Trinajstić information content (AvgIpc) is 2.91. The van der Waals surface area contributed by atoms with Crippen molar-refractivity contribution in [2.24, 2.45) is 11.8 Å². The number of carbonyl (C=O) groups is 1. The minimum atomic E-state index is -4.18. The zero-order valence-corrected chi connectivity index (χ0v) is 12.2. The van der Waals surface area contributed by atoms with E-state index in [2.05, 4.69) is 10.6 Å². The molecule has 2 aliphatic heterocycles. The Labute approximate surface area is 122 Å². The number of rotatable bonds is 4. The van der Waals surface area contributed by atoms with Gasteiger partial charge in [0.2, 0.25) is 5.91 Å². The molecular weight excluding hydrogens is 285 g/mol. The molecule has 0 saturated carbocycles. The molecule has 7 heteroatoms. The predicted octanol–water partition coefficient (Wildman–Crippen LogP) is 1.85. The Morgan fingerprint density at radius 3 is 2.67 bits per heavy atom. The van der Waals surface area contributed by atoms with Crippen LogP contribution in [-0.4, -0.2) is 43.9 Å². The van der Waals surface area contributed by atoms with Crippen LogP contribution in [0, 0.1) is 11.8 Å². The summed E-state index contributed by atoms with van der Waals surface area (Å²) in [6.07, 6.45) is -1.92. The molecule has 4 unspecified atom stereocenters. The topological polar surface area (TPSA) is 50.4 Å². The number of hydrogen-bond acceptors (Lipinski definition) is 3. The fourth-order valence-corrected chi connectivity index (χ4v) is 3.09. The fourth-order valence-electron chi connectivity index (χ4n) is 3.09. The Balaban J connectivity index is 1.73. The summed E-state index contributed by atoms with van der Waals surface area (Å²) in [6, 6.07) is -0.508. The lowest BCUT2D eigenvalue weighted by atomic mass is 9.93. The van der Waals surface area contributed by atoms with Gasteiger partial charge in [-0.3, -0.25) is 4.79 Å². The summed E-state index contributed by atoms with van der Waals surface area (Å²) < 4.78 is 43.2.